The summed E-state index contributed by atoms with van der Waals surface area (Å²) in [7, 11) is 0. The van der Waals surface area contributed by atoms with Crippen LogP contribution in [0.5, 0.6) is 0 Å². The maximum Gasteiger partial charge on any atom is 0.0443 e. The van der Waals surface area contributed by atoms with Gasteiger partial charge in [-0.05, 0) is 29.9 Å². The molecule has 0 radical (unpaired) electrons. The summed E-state index contributed by atoms with van der Waals surface area (Å²) in [4.78, 5) is 3.94. The summed E-state index contributed by atoms with van der Waals surface area (Å²) in [5.41, 5.74) is 1.53. The minimum absolute atomic E-state index is 0.313. The molecule has 2 rings (SSSR count). The molecule has 13 heavy (non-hydrogen) atoms. The third-order valence-electron chi connectivity index (χ3n) is 2.53. The normalized spacial score (nSPS) is 17.3. The van der Waals surface area contributed by atoms with E-state index in [1.807, 2.05) is 11.3 Å². The number of rotatable bonds is 3. The van der Waals surface area contributed by atoms with E-state index in [0.29, 0.717) is 6.61 Å². The van der Waals surface area contributed by atoms with Crippen LogP contribution >= 0.6 is 11.3 Å². The molecule has 0 aromatic carbocycles. The Bertz CT molecular complexity index is 272. The first-order chi connectivity index (χ1) is 6.40. The van der Waals surface area contributed by atoms with Gasteiger partial charge in [0.2, 0.25) is 0 Å². The van der Waals surface area contributed by atoms with Crippen molar-refractivity contribution in [3.05, 3.63) is 21.9 Å². The van der Waals surface area contributed by atoms with Crippen molar-refractivity contribution in [2.24, 2.45) is 0 Å². The monoisotopic (exact) mass is 197 g/mol. The molecule has 0 saturated carbocycles. The molecule has 1 N–H and O–H groups in total. The summed E-state index contributed by atoms with van der Waals surface area (Å²) in [5.74, 6) is 0. The van der Waals surface area contributed by atoms with E-state index in [2.05, 4.69) is 16.3 Å². The van der Waals surface area contributed by atoms with Gasteiger partial charge in [0, 0.05) is 31.1 Å². The van der Waals surface area contributed by atoms with E-state index in [4.69, 9.17) is 5.11 Å². The highest BCUT2D eigenvalue weighted by atomic mass is 32.1. The molecule has 72 valence electrons. The lowest BCUT2D eigenvalue weighted by Crippen LogP contribution is -2.30. The second kappa shape index (κ2) is 4.22. The minimum Gasteiger partial charge on any atom is -0.396 e. The lowest BCUT2D eigenvalue weighted by Gasteiger charge is -2.26. The molecule has 1 aromatic heterocycles. The summed E-state index contributed by atoms with van der Waals surface area (Å²) in [6.07, 6.45) is 2.09. The van der Waals surface area contributed by atoms with E-state index < -0.39 is 0 Å². The predicted octanol–water partition coefficient (Wildman–Crippen LogP) is 1.49. The lowest BCUT2D eigenvalue weighted by atomic mass is 10.1. The van der Waals surface area contributed by atoms with Crippen LogP contribution in [0, 0.1) is 0 Å². The van der Waals surface area contributed by atoms with Crippen LogP contribution in [0.25, 0.3) is 0 Å². The van der Waals surface area contributed by atoms with Gasteiger partial charge in [-0.1, -0.05) is 0 Å². The van der Waals surface area contributed by atoms with Gasteiger partial charge >= 0.3 is 0 Å². The first-order valence-corrected chi connectivity index (χ1v) is 5.66. The number of hydrogen-bond acceptors (Lipinski definition) is 3. The molecule has 0 spiro atoms. The fourth-order valence-electron chi connectivity index (χ4n) is 1.77. The van der Waals surface area contributed by atoms with Gasteiger partial charge in [0.15, 0.2) is 0 Å². The molecule has 0 fully saturated rings. The van der Waals surface area contributed by atoms with E-state index in [1.54, 1.807) is 0 Å². The molecule has 0 bridgehead atoms. The molecular formula is C10H15NOS. The minimum atomic E-state index is 0.313. The first-order valence-electron chi connectivity index (χ1n) is 4.78. The van der Waals surface area contributed by atoms with E-state index in [-0.39, 0.29) is 0 Å². The van der Waals surface area contributed by atoms with Crippen LogP contribution in [0.15, 0.2) is 11.4 Å². The molecule has 0 atom stereocenters. The van der Waals surface area contributed by atoms with Gasteiger partial charge < -0.3 is 5.11 Å². The van der Waals surface area contributed by atoms with Crippen molar-refractivity contribution in [1.29, 1.82) is 0 Å². The predicted molar refractivity (Wildman–Crippen MR) is 55.0 cm³/mol. The van der Waals surface area contributed by atoms with Crippen molar-refractivity contribution in [2.45, 2.75) is 19.4 Å². The molecule has 0 aliphatic carbocycles. The maximum atomic E-state index is 8.73. The van der Waals surface area contributed by atoms with Crippen LogP contribution in [0.3, 0.4) is 0 Å². The Labute approximate surface area is 82.8 Å². The number of hydrogen-bond donors (Lipinski definition) is 1. The van der Waals surface area contributed by atoms with Crippen LogP contribution in [0.1, 0.15) is 16.9 Å². The molecule has 0 amide bonds. The van der Waals surface area contributed by atoms with Gasteiger partial charge in [0.05, 0.1) is 0 Å². The summed E-state index contributed by atoms with van der Waals surface area (Å²) < 4.78 is 0. The summed E-state index contributed by atoms with van der Waals surface area (Å²) >= 11 is 1.86. The van der Waals surface area contributed by atoms with Crippen molar-refractivity contribution < 1.29 is 5.11 Å². The Hall–Kier alpha value is -0.380. The zero-order chi connectivity index (χ0) is 9.10. The summed E-state index contributed by atoms with van der Waals surface area (Å²) in [5, 5.41) is 10.9. The van der Waals surface area contributed by atoms with Crippen molar-refractivity contribution in [1.82, 2.24) is 4.90 Å². The molecule has 2 heterocycles. The molecule has 0 saturated heterocycles. The van der Waals surface area contributed by atoms with E-state index >= 15 is 0 Å². The number of aliphatic hydroxyl groups excluding tert-OH is 1. The Balaban J connectivity index is 1.93. The molecule has 1 aliphatic heterocycles. The summed E-state index contributed by atoms with van der Waals surface area (Å²) in [6.45, 7) is 3.60. The Morgan fingerprint density at radius 2 is 2.46 bits per heavy atom. The van der Waals surface area contributed by atoms with Crippen molar-refractivity contribution in [3.8, 4) is 0 Å². The Kier molecular flexibility index (Phi) is 2.98. The van der Waals surface area contributed by atoms with Crippen LogP contribution < -0.4 is 0 Å². The molecule has 3 heteroatoms. The number of aliphatic hydroxyl groups is 1. The van der Waals surface area contributed by atoms with Crippen molar-refractivity contribution >= 4 is 11.3 Å². The molecular weight excluding hydrogens is 182 g/mol. The average molecular weight is 197 g/mol. The third kappa shape index (κ3) is 2.10. The molecule has 2 nitrogen and oxygen atoms in total. The fourth-order valence-corrected chi connectivity index (χ4v) is 2.75. The van der Waals surface area contributed by atoms with Crippen molar-refractivity contribution in [3.63, 3.8) is 0 Å². The Morgan fingerprint density at radius 3 is 3.31 bits per heavy atom. The quantitative estimate of drug-likeness (QED) is 0.793. The van der Waals surface area contributed by atoms with Crippen LogP contribution in [-0.4, -0.2) is 29.7 Å². The molecule has 0 unspecified atom stereocenters. The first kappa shape index (κ1) is 9.19. The van der Waals surface area contributed by atoms with Gasteiger partial charge in [0.25, 0.3) is 0 Å². The van der Waals surface area contributed by atoms with Crippen LogP contribution in [-0.2, 0) is 13.0 Å². The zero-order valence-corrected chi connectivity index (χ0v) is 8.52. The van der Waals surface area contributed by atoms with E-state index in [1.165, 1.54) is 16.9 Å². The van der Waals surface area contributed by atoms with Gasteiger partial charge in [-0.25, -0.2) is 0 Å². The largest absolute Gasteiger partial charge is 0.396 e. The van der Waals surface area contributed by atoms with Crippen LogP contribution in [0.2, 0.25) is 0 Å². The topological polar surface area (TPSA) is 23.5 Å². The second-order valence-electron chi connectivity index (χ2n) is 3.47. The standard InChI is InChI=1S/C10H15NOS/c12-6-1-4-11-5-2-9-3-7-13-10(9)8-11/h3,7,12H,1-2,4-6,8H2. The highest BCUT2D eigenvalue weighted by Crippen LogP contribution is 2.23. The van der Waals surface area contributed by atoms with E-state index in [9.17, 15) is 0 Å². The smallest absolute Gasteiger partial charge is 0.0443 e. The lowest BCUT2D eigenvalue weighted by molar-refractivity contribution is 0.214. The number of fused-ring (bicyclic) bond motifs is 1. The highest BCUT2D eigenvalue weighted by molar-refractivity contribution is 7.10. The number of thiophene rings is 1. The third-order valence-corrected chi connectivity index (χ3v) is 3.48. The average Bonchev–Trinajstić information content (AvgIpc) is 2.61. The second-order valence-corrected chi connectivity index (χ2v) is 4.47. The molecule has 1 aliphatic rings. The van der Waals surface area contributed by atoms with Gasteiger partial charge in [-0.3, -0.25) is 4.90 Å². The van der Waals surface area contributed by atoms with Crippen molar-refractivity contribution in [2.75, 3.05) is 19.7 Å². The zero-order valence-electron chi connectivity index (χ0n) is 7.70. The van der Waals surface area contributed by atoms with E-state index in [0.717, 1.165) is 26.1 Å². The Morgan fingerprint density at radius 1 is 1.54 bits per heavy atom. The van der Waals surface area contributed by atoms with Crippen LogP contribution in [0.4, 0.5) is 0 Å². The number of nitrogens with zero attached hydrogens (tertiary/aromatic N) is 1. The summed E-state index contributed by atoms with van der Waals surface area (Å²) in [6, 6.07) is 2.24. The fraction of sp³-hybridized carbons (Fsp3) is 0.600. The van der Waals surface area contributed by atoms with Gasteiger partial charge in [0.1, 0.15) is 0 Å². The maximum absolute atomic E-state index is 8.73. The van der Waals surface area contributed by atoms with Gasteiger partial charge in [-0.15, -0.1) is 11.3 Å². The SMILES string of the molecule is OCCCN1CCc2ccsc2C1. The highest BCUT2D eigenvalue weighted by Gasteiger charge is 2.15. The molecule has 1 aromatic rings. The van der Waals surface area contributed by atoms with Gasteiger partial charge in [-0.2, -0.15) is 0 Å².